The van der Waals surface area contributed by atoms with Crippen molar-refractivity contribution in [2.24, 2.45) is 5.73 Å². The van der Waals surface area contributed by atoms with Crippen LogP contribution in [0.15, 0.2) is 18.2 Å². The van der Waals surface area contributed by atoms with Crippen molar-refractivity contribution >= 4 is 5.91 Å². The molecule has 17 heavy (non-hydrogen) atoms. The minimum atomic E-state index is -0.551. The molecule has 2 N–H and O–H groups in total. The average Bonchev–Trinajstić information content (AvgIpc) is 2.49. The highest BCUT2D eigenvalue weighted by Gasteiger charge is 2.22. The highest BCUT2D eigenvalue weighted by molar-refractivity contribution is 5.81. The molecule has 0 aromatic heterocycles. The van der Waals surface area contributed by atoms with Gasteiger partial charge >= 0.3 is 0 Å². The summed E-state index contributed by atoms with van der Waals surface area (Å²) in [5.74, 6) is 0.152. The first-order valence-corrected chi connectivity index (χ1v) is 5.53. The Hall–Kier alpha value is -1.62. The minimum Gasteiger partial charge on any atom is -0.491 e. The molecule has 1 aromatic rings. The van der Waals surface area contributed by atoms with Gasteiger partial charge in [0, 0.05) is 12.1 Å². The van der Waals surface area contributed by atoms with Gasteiger partial charge in [0.2, 0.25) is 5.91 Å². The van der Waals surface area contributed by atoms with Gasteiger partial charge in [-0.2, -0.15) is 0 Å². The van der Waals surface area contributed by atoms with E-state index in [1.807, 2.05) is 0 Å². The zero-order valence-electron chi connectivity index (χ0n) is 9.65. The molecule has 1 atom stereocenters. The van der Waals surface area contributed by atoms with E-state index in [4.69, 9.17) is 10.5 Å². The molecule has 5 heteroatoms. The number of carbonyl (C=O) groups is 1. The van der Waals surface area contributed by atoms with Crippen LogP contribution in [0.1, 0.15) is 12.5 Å². The van der Waals surface area contributed by atoms with Gasteiger partial charge in [-0.15, -0.1) is 0 Å². The van der Waals surface area contributed by atoms with Crippen molar-refractivity contribution in [3.8, 4) is 5.75 Å². The summed E-state index contributed by atoms with van der Waals surface area (Å²) in [6.07, 6.45) is 0. The fourth-order valence-corrected chi connectivity index (χ4v) is 1.84. The molecule has 0 bridgehead atoms. The van der Waals surface area contributed by atoms with Crippen LogP contribution in [0.5, 0.6) is 5.75 Å². The van der Waals surface area contributed by atoms with Crippen molar-refractivity contribution in [2.75, 3.05) is 13.2 Å². The number of hydrogen-bond donors (Lipinski definition) is 1. The van der Waals surface area contributed by atoms with Gasteiger partial charge in [0.15, 0.2) is 0 Å². The Kier molecular flexibility index (Phi) is 3.28. The van der Waals surface area contributed by atoms with Gasteiger partial charge in [-0.1, -0.05) is 0 Å². The lowest BCUT2D eigenvalue weighted by atomic mass is 10.1. The number of amides is 1. The second-order valence-corrected chi connectivity index (χ2v) is 4.15. The number of fused-ring (bicyclic) bond motifs is 1. The van der Waals surface area contributed by atoms with Crippen molar-refractivity contribution in [2.45, 2.75) is 19.5 Å². The Morgan fingerprint density at radius 2 is 2.35 bits per heavy atom. The summed E-state index contributed by atoms with van der Waals surface area (Å²) in [5.41, 5.74) is 6.24. The Labute approximate surface area is 99.2 Å². The summed E-state index contributed by atoms with van der Waals surface area (Å²) in [6.45, 7) is 2.85. The van der Waals surface area contributed by atoms with Crippen molar-refractivity contribution in [1.82, 2.24) is 4.90 Å². The van der Waals surface area contributed by atoms with Crippen LogP contribution in [0.4, 0.5) is 4.39 Å². The molecule has 4 nitrogen and oxygen atoms in total. The third-order valence-electron chi connectivity index (χ3n) is 2.70. The lowest BCUT2D eigenvalue weighted by molar-refractivity contribution is -0.132. The number of hydrogen-bond acceptors (Lipinski definition) is 3. The molecule has 0 saturated carbocycles. The minimum absolute atomic E-state index is 0.147. The molecule has 0 saturated heterocycles. The van der Waals surface area contributed by atoms with Gasteiger partial charge in [0.25, 0.3) is 0 Å². The van der Waals surface area contributed by atoms with E-state index in [2.05, 4.69) is 0 Å². The van der Waals surface area contributed by atoms with Crippen LogP contribution in [0.25, 0.3) is 0 Å². The number of ether oxygens (including phenoxy) is 1. The normalized spacial score (nSPS) is 16.8. The largest absolute Gasteiger partial charge is 0.491 e. The summed E-state index contributed by atoms with van der Waals surface area (Å²) < 4.78 is 18.6. The highest BCUT2D eigenvalue weighted by Crippen LogP contribution is 2.24. The zero-order chi connectivity index (χ0) is 12.4. The summed E-state index contributed by atoms with van der Waals surface area (Å²) >= 11 is 0. The van der Waals surface area contributed by atoms with Gasteiger partial charge < -0.3 is 15.4 Å². The molecular formula is C12H15FN2O2. The van der Waals surface area contributed by atoms with Crippen molar-refractivity contribution in [1.29, 1.82) is 0 Å². The molecular weight excluding hydrogens is 223 g/mol. The fraction of sp³-hybridized carbons (Fsp3) is 0.417. The lowest BCUT2D eigenvalue weighted by Gasteiger charge is -2.21. The molecule has 1 aliphatic heterocycles. The third-order valence-corrected chi connectivity index (χ3v) is 2.70. The number of nitrogens with two attached hydrogens (primary N) is 1. The van der Waals surface area contributed by atoms with Gasteiger partial charge in [-0.3, -0.25) is 4.79 Å². The van der Waals surface area contributed by atoms with E-state index < -0.39 is 6.04 Å². The average molecular weight is 238 g/mol. The standard InChI is InChI=1S/C12H15FN2O2/c1-8(14)12(16)15-4-5-17-11-3-2-10(13)6-9(11)7-15/h2-3,6,8H,4-5,7,14H2,1H3/t8-/m0/s1. The topological polar surface area (TPSA) is 55.6 Å². The number of benzene rings is 1. The van der Waals surface area contributed by atoms with Crippen molar-refractivity contribution in [3.05, 3.63) is 29.6 Å². The van der Waals surface area contributed by atoms with E-state index in [-0.39, 0.29) is 11.7 Å². The lowest BCUT2D eigenvalue weighted by Crippen LogP contribution is -2.42. The molecule has 2 rings (SSSR count). The smallest absolute Gasteiger partial charge is 0.239 e. The predicted octanol–water partition coefficient (Wildman–Crippen LogP) is 0.894. The van der Waals surface area contributed by atoms with E-state index in [0.29, 0.717) is 31.0 Å². The molecule has 0 radical (unpaired) electrons. The van der Waals surface area contributed by atoms with Crippen LogP contribution in [0.3, 0.4) is 0 Å². The number of nitrogens with zero attached hydrogens (tertiary/aromatic N) is 1. The first-order valence-electron chi connectivity index (χ1n) is 5.53. The number of carbonyl (C=O) groups excluding carboxylic acids is 1. The van der Waals surface area contributed by atoms with E-state index in [1.165, 1.54) is 12.1 Å². The quantitative estimate of drug-likeness (QED) is 0.790. The first kappa shape index (κ1) is 11.9. The summed E-state index contributed by atoms with van der Waals surface area (Å²) in [6, 6.07) is 3.78. The van der Waals surface area contributed by atoms with Gasteiger partial charge in [-0.05, 0) is 25.1 Å². The second-order valence-electron chi connectivity index (χ2n) is 4.15. The van der Waals surface area contributed by atoms with E-state index in [1.54, 1.807) is 17.9 Å². The molecule has 0 fully saturated rings. The van der Waals surface area contributed by atoms with Crippen LogP contribution >= 0.6 is 0 Å². The van der Waals surface area contributed by atoms with Gasteiger partial charge in [0.05, 0.1) is 12.6 Å². The summed E-state index contributed by atoms with van der Waals surface area (Å²) in [7, 11) is 0. The van der Waals surface area contributed by atoms with E-state index >= 15 is 0 Å². The van der Waals surface area contributed by atoms with E-state index in [0.717, 1.165) is 0 Å². The van der Waals surface area contributed by atoms with Crippen LogP contribution in [-0.2, 0) is 11.3 Å². The Bertz CT molecular complexity index is 435. The molecule has 1 amide bonds. The van der Waals surface area contributed by atoms with Gasteiger partial charge in [0.1, 0.15) is 18.2 Å². The van der Waals surface area contributed by atoms with Crippen LogP contribution in [-0.4, -0.2) is 30.0 Å². The van der Waals surface area contributed by atoms with Crippen molar-refractivity contribution < 1.29 is 13.9 Å². The SMILES string of the molecule is C[C@H](N)C(=O)N1CCOc2ccc(F)cc2C1. The maximum Gasteiger partial charge on any atom is 0.239 e. The Morgan fingerprint density at radius 3 is 3.06 bits per heavy atom. The molecule has 1 heterocycles. The monoisotopic (exact) mass is 238 g/mol. The van der Waals surface area contributed by atoms with Crippen molar-refractivity contribution in [3.63, 3.8) is 0 Å². The second kappa shape index (κ2) is 4.71. The highest BCUT2D eigenvalue weighted by atomic mass is 19.1. The molecule has 0 spiro atoms. The molecule has 0 unspecified atom stereocenters. The summed E-state index contributed by atoms with van der Waals surface area (Å²) in [4.78, 5) is 13.4. The van der Waals surface area contributed by atoms with Crippen LogP contribution < -0.4 is 10.5 Å². The third kappa shape index (κ3) is 2.55. The first-order chi connectivity index (χ1) is 8.08. The molecule has 1 aliphatic rings. The number of rotatable bonds is 1. The predicted molar refractivity (Wildman–Crippen MR) is 61.0 cm³/mol. The Morgan fingerprint density at radius 1 is 1.59 bits per heavy atom. The van der Waals surface area contributed by atoms with Crippen LogP contribution in [0.2, 0.25) is 0 Å². The van der Waals surface area contributed by atoms with Gasteiger partial charge in [-0.25, -0.2) is 4.39 Å². The maximum atomic E-state index is 13.1. The Balaban J connectivity index is 2.24. The zero-order valence-corrected chi connectivity index (χ0v) is 9.65. The van der Waals surface area contributed by atoms with E-state index in [9.17, 15) is 9.18 Å². The van der Waals surface area contributed by atoms with Crippen LogP contribution in [0, 0.1) is 5.82 Å². The number of halogens is 1. The molecule has 1 aromatic carbocycles. The summed E-state index contributed by atoms with van der Waals surface area (Å²) in [5, 5.41) is 0. The molecule has 92 valence electrons. The fourth-order valence-electron chi connectivity index (χ4n) is 1.84. The molecule has 0 aliphatic carbocycles. The maximum absolute atomic E-state index is 13.1.